The van der Waals surface area contributed by atoms with E-state index in [1.807, 2.05) is 0 Å². The summed E-state index contributed by atoms with van der Waals surface area (Å²) in [4.78, 5) is 10.8. The number of sulfonamides is 1. The molecule has 14 heavy (non-hydrogen) atoms. The molecule has 1 aliphatic heterocycles. The van der Waals surface area contributed by atoms with Crippen molar-refractivity contribution < 1.29 is 13.2 Å². The average Bonchev–Trinajstić information content (AvgIpc) is 1.96. The number of nitrogens with zero attached hydrogens (tertiary/aromatic N) is 1. The summed E-state index contributed by atoms with van der Waals surface area (Å²) in [6.45, 7) is 0.362. The smallest absolute Gasteiger partial charge is 0.235 e. The highest BCUT2D eigenvalue weighted by Gasteiger charge is 2.40. The lowest BCUT2D eigenvalue weighted by Crippen LogP contribution is -2.57. The zero-order valence-electron chi connectivity index (χ0n) is 7.64. The van der Waals surface area contributed by atoms with Gasteiger partial charge in [-0.2, -0.15) is 4.31 Å². The van der Waals surface area contributed by atoms with Crippen LogP contribution in [-0.4, -0.2) is 37.0 Å². The Morgan fingerprint density at radius 1 is 1.64 bits per heavy atom. The summed E-state index contributed by atoms with van der Waals surface area (Å²) < 4.78 is 24.1. The molecular weight excluding hydrogens is 204 g/mol. The van der Waals surface area contributed by atoms with E-state index < -0.39 is 22.0 Å². The van der Waals surface area contributed by atoms with E-state index in [1.54, 1.807) is 0 Å². The fourth-order valence-electron chi connectivity index (χ4n) is 1.29. The van der Waals surface area contributed by atoms with Crippen molar-refractivity contribution in [2.45, 2.75) is 18.9 Å². The number of rotatable bonds is 4. The van der Waals surface area contributed by atoms with Gasteiger partial charge in [0.25, 0.3) is 0 Å². The summed E-state index contributed by atoms with van der Waals surface area (Å²) in [6.07, 6.45) is 5.63. The zero-order valence-corrected chi connectivity index (χ0v) is 8.46. The first kappa shape index (κ1) is 11.0. The normalized spacial score (nSPS) is 22.4. The highest BCUT2D eigenvalue weighted by Crippen LogP contribution is 2.21. The minimum absolute atomic E-state index is 0.118. The second-order valence-electron chi connectivity index (χ2n) is 3.09. The van der Waals surface area contributed by atoms with E-state index in [-0.39, 0.29) is 12.2 Å². The van der Waals surface area contributed by atoms with Crippen molar-refractivity contribution in [2.75, 3.05) is 12.3 Å². The fraction of sp³-hybridized carbons (Fsp3) is 0.625. The van der Waals surface area contributed by atoms with Crippen LogP contribution in [-0.2, 0) is 14.8 Å². The Labute approximate surface area is 83.3 Å². The Morgan fingerprint density at radius 2 is 2.29 bits per heavy atom. The highest BCUT2D eigenvalue weighted by molar-refractivity contribution is 7.89. The van der Waals surface area contributed by atoms with Crippen LogP contribution in [0.5, 0.6) is 0 Å². The van der Waals surface area contributed by atoms with Crippen LogP contribution in [0.1, 0.15) is 12.8 Å². The predicted octanol–water partition coefficient (Wildman–Crippen LogP) is -1.10. The van der Waals surface area contributed by atoms with E-state index in [0.717, 1.165) is 4.31 Å². The molecule has 5 nitrogen and oxygen atoms in total. The Kier molecular flexibility index (Phi) is 3.13. The minimum atomic E-state index is -3.39. The molecular formula is C8H12N2O3S. The molecule has 0 aromatic heterocycles. The van der Waals surface area contributed by atoms with E-state index in [1.165, 1.54) is 0 Å². The lowest BCUT2D eigenvalue weighted by atomic mass is 10.1. The predicted molar refractivity (Wildman–Crippen MR) is 51.5 cm³/mol. The number of primary amides is 1. The van der Waals surface area contributed by atoms with Crippen LogP contribution < -0.4 is 5.73 Å². The van der Waals surface area contributed by atoms with E-state index in [9.17, 15) is 13.2 Å². The van der Waals surface area contributed by atoms with Crippen molar-refractivity contribution in [3.63, 3.8) is 0 Å². The molecule has 1 amide bonds. The van der Waals surface area contributed by atoms with Gasteiger partial charge in [0.1, 0.15) is 6.04 Å². The number of hydrogen-bond donors (Lipinski definition) is 1. The van der Waals surface area contributed by atoms with E-state index in [2.05, 4.69) is 5.92 Å². The molecule has 1 aliphatic rings. The number of carbonyl (C=O) groups excluding carboxylic acids is 1. The number of terminal acetylenes is 1. The molecule has 1 rings (SSSR count). The highest BCUT2D eigenvalue weighted by atomic mass is 32.2. The second kappa shape index (κ2) is 3.98. The summed E-state index contributed by atoms with van der Waals surface area (Å²) in [5.74, 6) is 1.53. The summed E-state index contributed by atoms with van der Waals surface area (Å²) >= 11 is 0. The number of amides is 1. The van der Waals surface area contributed by atoms with Crippen LogP contribution in [0.15, 0.2) is 0 Å². The van der Waals surface area contributed by atoms with Gasteiger partial charge in [-0.25, -0.2) is 8.42 Å². The molecule has 0 aromatic rings. The average molecular weight is 216 g/mol. The molecule has 1 saturated heterocycles. The summed E-state index contributed by atoms with van der Waals surface area (Å²) in [6, 6.07) is -0.669. The monoisotopic (exact) mass is 216 g/mol. The van der Waals surface area contributed by atoms with Crippen molar-refractivity contribution in [1.29, 1.82) is 0 Å². The van der Waals surface area contributed by atoms with Crippen molar-refractivity contribution in [3.05, 3.63) is 0 Å². The molecule has 1 fully saturated rings. The quantitative estimate of drug-likeness (QED) is 0.606. The molecule has 1 atom stereocenters. The maximum atomic E-state index is 11.5. The van der Waals surface area contributed by atoms with Gasteiger partial charge in [-0.05, 0) is 6.42 Å². The maximum absolute atomic E-state index is 11.5. The second-order valence-corrected chi connectivity index (χ2v) is 5.13. The first-order chi connectivity index (χ1) is 6.49. The largest absolute Gasteiger partial charge is 0.368 e. The van der Waals surface area contributed by atoms with Gasteiger partial charge in [0.15, 0.2) is 0 Å². The van der Waals surface area contributed by atoms with E-state index in [4.69, 9.17) is 12.2 Å². The molecule has 0 aromatic carbocycles. The SMILES string of the molecule is C#CCCS(=O)(=O)N1CCC1C(N)=O. The van der Waals surface area contributed by atoms with Crippen LogP contribution in [0.4, 0.5) is 0 Å². The third-order valence-corrected chi connectivity index (χ3v) is 4.03. The molecule has 0 saturated carbocycles. The standard InChI is InChI=1S/C8H12N2O3S/c1-2-3-6-14(12,13)10-5-4-7(10)8(9)11/h1,7H,3-6H2,(H2,9,11). The van der Waals surface area contributed by atoms with Gasteiger partial charge in [-0.1, -0.05) is 0 Å². The third kappa shape index (κ3) is 2.05. The zero-order chi connectivity index (χ0) is 10.8. The van der Waals surface area contributed by atoms with Crippen LogP contribution >= 0.6 is 0 Å². The van der Waals surface area contributed by atoms with Gasteiger partial charge in [-0.15, -0.1) is 12.3 Å². The number of hydrogen-bond acceptors (Lipinski definition) is 3. The van der Waals surface area contributed by atoms with Crippen molar-refractivity contribution in [3.8, 4) is 12.3 Å². The van der Waals surface area contributed by atoms with Gasteiger partial charge in [0.05, 0.1) is 5.75 Å². The summed E-state index contributed by atoms with van der Waals surface area (Å²) in [5.41, 5.74) is 5.03. The van der Waals surface area contributed by atoms with E-state index >= 15 is 0 Å². The van der Waals surface area contributed by atoms with Gasteiger partial charge < -0.3 is 5.73 Å². The van der Waals surface area contributed by atoms with Crippen LogP contribution in [0, 0.1) is 12.3 Å². The topological polar surface area (TPSA) is 80.5 Å². The third-order valence-electron chi connectivity index (χ3n) is 2.16. The first-order valence-corrected chi connectivity index (χ1v) is 5.82. The number of nitrogens with two attached hydrogens (primary N) is 1. The molecule has 0 radical (unpaired) electrons. The molecule has 2 N–H and O–H groups in total. The summed E-state index contributed by atoms with van der Waals surface area (Å²) in [7, 11) is -3.39. The number of carbonyl (C=O) groups is 1. The van der Waals surface area contributed by atoms with Gasteiger partial charge in [0.2, 0.25) is 15.9 Å². The Morgan fingerprint density at radius 3 is 2.64 bits per heavy atom. The molecule has 0 aliphatic carbocycles. The lowest BCUT2D eigenvalue weighted by Gasteiger charge is -2.37. The summed E-state index contributed by atoms with van der Waals surface area (Å²) in [5, 5.41) is 0. The molecule has 6 heteroatoms. The van der Waals surface area contributed by atoms with Gasteiger partial charge >= 0.3 is 0 Å². The van der Waals surface area contributed by atoms with Crippen molar-refractivity contribution >= 4 is 15.9 Å². The van der Waals surface area contributed by atoms with Crippen LogP contribution in [0.3, 0.4) is 0 Å². The fourth-order valence-corrected chi connectivity index (χ4v) is 2.88. The molecule has 0 bridgehead atoms. The minimum Gasteiger partial charge on any atom is -0.368 e. The van der Waals surface area contributed by atoms with Gasteiger partial charge in [-0.3, -0.25) is 4.79 Å². The Hall–Kier alpha value is -1.06. The Balaban J connectivity index is 2.66. The molecule has 1 heterocycles. The van der Waals surface area contributed by atoms with Gasteiger partial charge in [0, 0.05) is 13.0 Å². The molecule has 1 unspecified atom stereocenters. The van der Waals surface area contributed by atoms with E-state index in [0.29, 0.717) is 13.0 Å². The molecule has 0 spiro atoms. The Bertz CT molecular complexity index is 369. The van der Waals surface area contributed by atoms with Crippen LogP contribution in [0.25, 0.3) is 0 Å². The maximum Gasteiger partial charge on any atom is 0.235 e. The van der Waals surface area contributed by atoms with Crippen molar-refractivity contribution in [1.82, 2.24) is 4.31 Å². The first-order valence-electron chi connectivity index (χ1n) is 4.21. The lowest BCUT2D eigenvalue weighted by molar-refractivity contribution is -0.124. The molecule has 78 valence electrons. The van der Waals surface area contributed by atoms with Crippen molar-refractivity contribution in [2.24, 2.45) is 5.73 Å². The van der Waals surface area contributed by atoms with Crippen LogP contribution in [0.2, 0.25) is 0 Å².